The van der Waals surface area contributed by atoms with Crippen molar-refractivity contribution in [3.05, 3.63) is 75.6 Å². The van der Waals surface area contributed by atoms with Crippen LogP contribution in [0.25, 0.3) is 4.85 Å². The van der Waals surface area contributed by atoms with Crippen LogP contribution in [0.15, 0.2) is 46.7 Å². The molecule has 0 fully saturated rings. The van der Waals surface area contributed by atoms with Gasteiger partial charge in [0, 0.05) is 23.1 Å². The van der Waals surface area contributed by atoms with Crippen LogP contribution in [0.3, 0.4) is 0 Å². The monoisotopic (exact) mass is 447 g/mol. The Balaban J connectivity index is 0.000000516. The van der Waals surface area contributed by atoms with Gasteiger partial charge in [-0.2, -0.15) is 0 Å². The van der Waals surface area contributed by atoms with Gasteiger partial charge in [-0.05, 0) is 36.5 Å². The minimum absolute atomic E-state index is 0. The first-order chi connectivity index (χ1) is 14.1. The molecule has 2 aliphatic rings. The Morgan fingerprint density at radius 3 is 2.19 bits per heavy atom. The molecule has 2 aromatic carbocycles. The average molecular weight is 448 g/mol. The third-order valence-electron chi connectivity index (χ3n) is 4.71. The maximum Gasteiger partial charge on any atom is 0.187 e. The number of oxime groups is 2. The molecule has 0 amide bonds. The van der Waals surface area contributed by atoms with Crippen LogP contribution in [0.4, 0.5) is 5.69 Å². The second kappa shape index (κ2) is 13.0. The summed E-state index contributed by atoms with van der Waals surface area (Å²) in [6.07, 6.45) is 2.96. The molecule has 0 saturated heterocycles. The number of nitrogens with zero attached hydrogens (tertiary/aromatic N) is 3. The molecule has 0 atom stereocenters. The van der Waals surface area contributed by atoms with E-state index in [0.29, 0.717) is 23.4 Å². The molecule has 166 valence electrons. The van der Waals surface area contributed by atoms with Gasteiger partial charge in [0.1, 0.15) is 0 Å². The first-order valence-corrected chi connectivity index (χ1v) is 8.69. The lowest BCUT2D eigenvalue weighted by atomic mass is 10.1. The number of aryl methyl sites for hydroxylation is 2. The van der Waals surface area contributed by atoms with E-state index in [-0.39, 0.29) is 31.5 Å². The molecule has 0 aliphatic heterocycles. The van der Waals surface area contributed by atoms with Crippen LogP contribution in [0, 0.1) is 6.57 Å². The summed E-state index contributed by atoms with van der Waals surface area (Å²) in [4.78, 5) is 14.5. The van der Waals surface area contributed by atoms with Gasteiger partial charge in [0.2, 0.25) is 0 Å². The molecule has 0 aromatic heterocycles. The van der Waals surface area contributed by atoms with Crippen molar-refractivity contribution >= 4 is 35.4 Å². The van der Waals surface area contributed by atoms with E-state index in [0.717, 1.165) is 41.5 Å². The number of carbonyl (C=O) groups is 1. The molecule has 7 N–H and O–H groups in total. The standard InChI is InChI=1S/C10H11N3O2.C10H7NO.CH4.ClH.H3NO/c11-10(13-15)7-1-3-8-6(5-7)2-4-9(8)12-14;1-11-8-3-4-9-7(6-8)2-5-10(9)12;;;1-2/h1,3,5,14-15H,2,4H2,(H2,11,13);3-4,6H,2,5H2;1H4;1H;2H,1H2/b12-9+;;;;. The summed E-state index contributed by atoms with van der Waals surface area (Å²) >= 11 is 0. The van der Waals surface area contributed by atoms with Gasteiger partial charge in [0.25, 0.3) is 0 Å². The number of nitrogens with two attached hydrogens (primary N) is 2. The van der Waals surface area contributed by atoms with Gasteiger partial charge in [-0.3, -0.25) is 4.79 Å². The summed E-state index contributed by atoms with van der Waals surface area (Å²) in [7, 11) is 0. The molecular formula is C21H26ClN5O4. The Kier molecular flexibility index (Phi) is 11.5. The van der Waals surface area contributed by atoms with E-state index in [9.17, 15) is 4.79 Å². The number of amidine groups is 1. The van der Waals surface area contributed by atoms with Gasteiger partial charge in [0.05, 0.1) is 12.3 Å². The molecule has 0 radical (unpaired) electrons. The van der Waals surface area contributed by atoms with Crippen LogP contribution >= 0.6 is 12.4 Å². The summed E-state index contributed by atoms with van der Waals surface area (Å²) in [6, 6.07) is 10.7. The van der Waals surface area contributed by atoms with Gasteiger partial charge in [-0.25, -0.2) is 10.7 Å². The van der Waals surface area contributed by atoms with Crippen LogP contribution in [0.5, 0.6) is 0 Å². The van der Waals surface area contributed by atoms with Crippen molar-refractivity contribution in [2.24, 2.45) is 21.9 Å². The number of fused-ring (bicyclic) bond motifs is 2. The molecule has 0 unspecified atom stereocenters. The number of ketones is 1. The molecule has 0 spiro atoms. The predicted molar refractivity (Wildman–Crippen MR) is 121 cm³/mol. The smallest absolute Gasteiger partial charge is 0.187 e. The molecule has 0 saturated carbocycles. The van der Waals surface area contributed by atoms with Crippen LogP contribution in [0.1, 0.15) is 52.9 Å². The van der Waals surface area contributed by atoms with Crippen LogP contribution < -0.4 is 11.6 Å². The highest BCUT2D eigenvalue weighted by atomic mass is 35.5. The van der Waals surface area contributed by atoms with Gasteiger partial charge < -0.3 is 21.4 Å². The number of rotatable bonds is 1. The van der Waals surface area contributed by atoms with Crippen molar-refractivity contribution < 1.29 is 20.4 Å². The summed E-state index contributed by atoms with van der Waals surface area (Å²) in [5.74, 6) is 3.80. The van der Waals surface area contributed by atoms with Crippen LogP contribution in [0.2, 0.25) is 0 Å². The molecular weight excluding hydrogens is 422 g/mol. The lowest BCUT2D eigenvalue weighted by molar-refractivity contribution is 0.0994. The zero-order chi connectivity index (χ0) is 21.4. The molecule has 4 rings (SSSR count). The SMILES string of the molecule is C.Cl.NC(=NO)c1ccc2c(c1)CC/C2=N\O.NO.[C-]#[N+]c1ccc2c(c1)CCC2=O. The first-order valence-electron chi connectivity index (χ1n) is 8.69. The van der Waals surface area contributed by atoms with Crippen molar-refractivity contribution in [1.82, 2.24) is 0 Å². The van der Waals surface area contributed by atoms with Crippen LogP contribution in [-0.4, -0.2) is 33.0 Å². The van der Waals surface area contributed by atoms with E-state index in [1.165, 1.54) is 0 Å². The molecule has 10 heteroatoms. The summed E-state index contributed by atoms with van der Waals surface area (Å²) in [5.41, 5.74) is 11.3. The number of hydrogen-bond donors (Lipinski definition) is 5. The van der Waals surface area contributed by atoms with Gasteiger partial charge in [0.15, 0.2) is 17.3 Å². The van der Waals surface area contributed by atoms with E-state index in [1.807, 2.05) is 18.2 Å². The maximum atomic E-state index is 11.2. The highest BCUT2D eigenvalue weighted by Crippen LogP contribution is 2.26. The minimum Gasteiger partial charge on any atom is -0.411 e. The van der Waals surface area contributed by atoms with Crippen LogP contribution in [-0.2, 0) is 12.8 Å². The van der Waals surface area contributed by atoms with Gasteiger partial charge >= 0.3 is 0 Å². The van der Waals surface area contributed by atoms with E-state index in [4.69, 9.17) is 27.9 Å². The first kappa shape index (κ1) is 27.5. The molecule has 2 aromatic rings. The lowest BCUT2D eigenvalue weighted by Crippen LogP contribution is -2.13. The fraction of sp³-hybridized carbons (Fsp3) is 0.238. The van der Waals surface area contributed by atoms with Crippen molar-refractivity contribution in [3.63, 3.8) is 0 Å². The summed E-state index contributed by atoms with van der Waals surface area (Å²) in [5, 5.41) is 29.9. The van der Waals surface area contributed by atoms with Gasteiger partial charge in [-0.1, -0.05) is 48.1 Å². The Bertz CT molecular complexity index is 1020. The Hall–Kier alpha value is -3.45. The third-order valence-corrected chi connectivity index (χ3v) is 4.71. The largest absolute Gasteiger partial charge is 0.411 e. The topological polar surface area (TPSA) is 159 Å². The molecule has 31 heavy (non-hydrogen) atoms. The van der Waals surface area contributed by atoms with E-state index in [1.54, 1.807) is 18.2 Å². The van der Waals surface area contributed by atoms with E-state index >= 15 is 0 Å². The molecule has 0 heterocycles. The second-order valence-electron chi connectivity index (χ2n) is 6.28. The van der Waals surface area contributed by atoms with E-state index < -0.39 is 0 Å². The Labute approximate surface area is 186 Å². The third kappa shape index (κ3) is 6.26. The quantitative estimate of drug-likeness (QED) is 0.147. The molecule has 0 bridgehead atoms. The highest BCUT2D eigenvalue weighted by Gasteiger charge is 2.19. The lowest BCUT2D eigenvalue weighted by Gasteiger charge is -2.02. The number of Topliss-reactive ketones (excluding diaryl/α,β-unsaturated/α-hetero) is 1. The fourth-order valence-corrected chi connectivity index (χ4v) is 3.30. The zero-order valence-corrected chi connectivity index (χ0v) is 16.8. The molecule has 2 aliphatic carbocycles. The van der Waals surface area contributed by atoms with E-state index in [2.05, 4.69) is 21.1 Å². The van der Waals surface area contributed by atoms with Crippen molar-refractivity contribution in [1.29, 1.82) is 0 Å². The average Bonchev–Trinajstić information content (AvgIpc) is 3.37. The van der Waals surface area contributed by atoms with Crippen molar-refractivity contribution in [2.45, 2.75) is 33.1 Å². The summed E-state index contributed by atoms with van der Waals surface area (Å²) in [6.45, 7) is 6.80. The number of hydrogen-bond acceptors (Lipinski definition) is 7. The zero-order valence-electron chi connectivity index (χ0n) is 15.9. The number of carbonyl (C=O) groups excluding carboxylic acids is 1. The maximum absolute atomic E-state index is 11.2. The fourth-order valence-electron chi connectivity index (χ4n) is 3.30. The Morgan fingerprint density at radius 1 is 0.968 bits per heavy atom. The van der Waals surface area contributed by atoms with Crippen molar-refractivity contribution in [3.8, 4) is 0 Å². The number of halogens is 1. The Morgan fingerprint density at radius 2 is 1.58 bits per heavy atom. The highest BCUT2D eigenvalue weighted by molar-refractivity contribution is 6.06. The second-order valence-corrected chi connectivity index (χ2v) is 6.28. The van der Waals surface area contributed by atoms with Gasteiger partial charge in [-0.15, -0.1) is 12.4 Å². The van der Waals surface area contributed by atoms with Crippen molar-refractivity contribution in [2.75, 3.05) is 0 Å². The number of benzene rings is 2. The minimum atomic E-state index is 0. The molecule has 9 nitrogen and oxygen atoms in total. The summed E-state index contributed by atoms with van der Waals surface area (Å²) < 4.78 is 0. The predicted octanol–water partition coefficient (Wildman–Crippen LogP) is 3.66. The normalized spacial score (nSPS) is 14.4.